The van der Waals surface area contributed by atoms with Crippen LogP contribution in [-0.2, 0) is 18.9 Å². The molecule has 10 heavy (non-hydrogen) atoms. The lowest BCUT2D eigenvalue weighted by molar-refractivity contribution is -0.226. The van der Waals surface area contributed by atoms with Gasteiger partial charge in [-0.15, -0.1) is 0 Å². The van der Waals surface area contributed by atoms with Gasteiger partial charge < -0.3 is 18.9 Å². The number of hydrogen-bond acceptors (Lipinski definition) is 4. The van der Waals surface area contributed by atoms with Crippen molar-refractivity contribution in [1.29, 1.82) is 0 Å². The third kappa shape index (κ3) is 0.769. The molecule has 2 saturated heterocycles. The molecule has 0 spiro atoms. The first kappa shape index (κ1) is 6.54. The van der Waals surface area contributed by atoms with E-state index in [0.717, 1.165) is 0 Å². The van der Waals surface area contributed by atoms with Gasteiger partial charge in [0.1, 0.15) is 12.2 Å². The van der Waals surface area contributed by atoms with Crippen LogP contribution in [0.2, 0.25) is 0 Å². The van der Waals surface area contributed by atoms with E-state index in [1.165, 1.54) is 0 Å². The van der Waals surface area contributed by atoms with Gasteiger partial charge in [0.25, 0.3) is 0 Å². The molecule has 0 N–H and O–H groups in total. The minimum atomic E-state index is -0.227. The van der Waals surface area contributed by atoms with E-state index >= 15 is 0 Å². The maximum atomic E-state index is 5.25. The second-order valence-corrected chi connectivity index (χ2v) is 2.41. The maximum absolute atomic E-state index is 5.25. The second-order valence-electron chi connectivity index (χ2n) is 2.41. The van der Waals surface area contributed by atoms with E-state index in [4.69, 9.17) is 18.9 Å². The van der Waals surface area contributed by atoms with Crippen molar-refractivity contribution in [2.24, 2.45) is 0 Å². The van der Waals surface area contributed by atoms with Gasteiger partial charge in [0.05, 0.1) is 0 Å². The third-order valence-electron chi connectivity index (χ3n) is 1.83. The van der Waals surface area contributed by atoms with Crippen LogP contribution in [0.5, 0.6) is 0 Å². The normalized spacial score (nSPS) is 51.0. The van der Waals surface area contributed by atoms with E-state index in [1.54, 1.807) is 14.2 Å². The van der Waals surface area contributed by atoms with Crippen LogP contribution in [0.25, 0.3) is 0 Å². The Bertz CT molecular complexity index is 124. The summed E-state index contributed by atoms with van der Waals surface area (Å²) in [4.78, 5) is 0. The van der Waals surface area contributed by atoms with Gasteiger partial charge in [-0.3, -0.25) is 0 Å². The van der Waals surface area contributed by atoms with Gasteiger partial charge in [0, 0.05) is 14.2 Å². The Kier molecular flexibility index (Phi) is 1.42. The molecule has 0 amide bonds. The highest BCUT2D eigenvalue weighted by Gasteiger charge is 2.59. The molecule has 2 aliphatic rings. The van der Waals surface area contributed by atoms with Crippen LogP contribution in [0.1, 0.15) is 0 Å². The Morgan fingerprint density at radius 2 is 1.40 bits per heavy atom. The van der Waals surface area contributed by atoms with E-state index < -0.39 is 0 Å². The molecule has 0 aromatic rings. The van der Waals surface area contributed by atoms with E-state index in [9.17, 15) is 0 Å². The molecular weight excluding hydrogens is 136 g/mol. The topological polar surface area (TPSA) is 40.2 Å². The highest BCUT2D eigenvalue weighted by molar-refractivity contribution is 4.96. The van der Waals surface area contributed by atoms with Gasteiger partial charge >= 0.3 is 0 Å². The Balaban J connectivity index is 1.95. The van der Waals surface area contributed by atoms with Gasteiger partial charge in [-0.05, 0) is 0 Å². The van der Waals surface area contributed by atoms with E-state index in [1.807, 2.05) is 0 Å². The summed E-state index contributed by atoms with van der Waals surface area (Å²) in [6, 6.07) is 0. The summed E-state index contributed by atoms with van der Waals surface area (Å²) in [5.41, 5.74) is 0. The molecule has 2 heterocycles. The van der Waals surface area contributed by atoms with Crippen molar-refractivity contribution < 1.29 is 18.9 Å². The fraction of sp³-hybridized carbons (Fsp3) is 1.00. The minimum Gasteiger partial charge on any atom is -0.358 e. The fourth-order valence-corrected chi connectivity index (χ4v) is 1.24. The molecule has 0 bridgehead atoms. The van der Waals surface area contributed by atoms with E-state index in [2.05, 4.69) is 0 Å². The number of methoxy groups -OCH3 is 2. The Hall–Kier alpha value is -0.160. The highest BCUT2D eigenvalue weighted by atomic mass is 16.8. The predicted octanol–water partition coefficient (Wildman–Crippen LogP) is -0.271. The summed E-state index contributed by atoms with van der Waals surface area (Å²) in [7, 11) is 3.20. The maximum Gasteiger partial charge on any atom is 0.189 e. The smallest absolute Gasteiger partial charge is 0.189 e. The van der Waals surface area contributed by atoms with Crippen LogP contribution < -0.4 is 0 Å². The Morgan fingerprint density at radius 1 is 0.900 bits per heavy atom. The van der Waals surface area contributed by atoms with Gasteiger partial charge in [-0.1, -0.05) is 0 Å². The largest absolute Gasteiger partial charge is 0.358 e. The van der Waals surface area contributed by atoms with Gasteiger partial charge in [-0.25, -0.2) is 0 Å². The van der Waals surface area contributed by atoms with Crippen molar-refractivity contribution in [3.05, 3.63) is 0 Å². The van der Waals surface area contributed by atoms with Gasteiger partial charge in [-0.2, -0.15) is 0 Å². The van der Waals surface area contributed by atoms with Crippen molar-refractivity contribution in [3.63, 3.8) is 0 Å². The van der Waals surface area contributed by atoms with Crippen LogP contribution in [0, 0.1) is 0 Å². The zero-order chi connectivity index (χ0) is 7.14. The zero-order valence-corrected chi connectivity index (χ0v) is 5.94. The number of epoxide rings is 1. The van der Waals surface area contributed by atoms with Gasteiger partial charge in [0.2, 0.25) is 0 Å². The first-order valence-corrected chi connectivity index (χ1v) is 3.23. The second kappa shape index (κ2) is 2.17. The third-order valence-corrected chi connectivity index (χ3v) is 1.83. The molecule has 4 atom stereocenters. The molecule has 0 aliphatic carbocycles. The lowest BCUT2D eigenvalue weighted by atomic mass is 10.3. The quantitative estimate of drug-likeness (QED) is 0.503. The summed E-state index contributed by atoms with van der Waals surface area (Å²) < 4.78 is 20.4. The molecule has 2 aliphatic heterocycles. The number of hydrogen-bond donors (Lipinski definition) is 0. The summed E-state index contributed by atoms with van der Waals surface area (Å²) in [6.45, 7) is 0. The van der Waals surface area contributed by atoms with Crippen LogP contribution in [0.15, 0.2) is 0 Å². The molecule has 2 rings (SSSR count). The zero-order valence-electron chi connectivity index (χ0n) is 5.94. The Labute approximate surface area is 59.0 Å². The van der Waals surface area contributed by atoms with Crippen LogP contribution >= 0.6 is 0 Å². The molecular formula is C6H10O4. The molecule has 0 unspecified atom stereocenters. The molecule has 0 aromatic carbocycles. The standard InChI is InChI=1S/C6H10O4/c1-7-5-3-4(9-3)6(8-2)10-5/h3-6H,1-2H3/t3-,4-,5-,6+/m0/s1. The molecule has 58 valence electrons. The Morgan fingerprint density at radius 3 is 1.70 bits per heavy atom. The van der Waals surface area contributed by atoms with Crippen molar-refractivity contribution >= 4 is 0 Å². The number of rotatable bonds is 2. The molecule has 4 heteroatoms. The molecule has 0 radical (unpaired) electrons. The summed E-state index contributed by atoms with van der Waals surface area (Å²) >= 11 is 0. The van der Waals surface area contributed by atoms with Crippen LogP contribution in [-0.4, -0.2) is 39.0 Å². The summed E-state index contributed by atoms with van der Waals surface area (Å²) in [5, 5.41) is 0. The summed E-state index contributed by atoms with van der Waals surface area (Å²) in [5.74, 6) is 0. The van der Waals surface area contributed by atoms with Crippen LogP contribution in [0.4, 0.5) is 0 Å². The lowest BCUT2D eigenvalue weighted by Crippen LogP contribution is -2.22. The van der Waals surface area contributed by atoms with E-state index in [0.29, 0.717) is 0 Å². The molecule has 0 saturated carbocycles. The molecule has 0 aromatic heterocycles. The first-order valence-electron chi connectivity index (χ1n) is 3.23. The van der Waals surface area contributed by atoms with Crippen molar-refractivity contribution in [1.82, 2.24) is 0 Å². The monoisotopic (exact) mass is 146 g/mol. The number of fused-ring (bicyclic) bond motifs is 1. The van der Waals surface area contributed by atoms with Crippen molar-refractivity contribution in [2.75, 3.05) is 14.2 Å². The minimum absolute atomic E-state index is 0.106. The highest BCUT2D eigenvalue weighted by Crippen LogP contribution is 2.39. The average Bonchev–Trinajstić information content (AvgIpc) is 2.67. The molecule has 4 nitrogen and oxygen atoms in total. The van der Waals surface area contributed by atoms with Gasteiger partial charge in [0.15, 0.2) is 12.6 Å². The van der Waals surface area contributed by atoms with Crippen LogP contribution in [0.3, 0.4) is 0 Å². The van der Waals surface area contributed by atoms with E-state index in [-0.39, 0.29) is 24.8 Å². The summed E-state index contributed by atoms with van der Waals surface area (Å²) in [6.07, 6.45) is -0.241. The molecule has 2 fully saturated rings. The fourth-order valence-electron chi connectivity index (χ4n) is 1.24. The van der Waals surface area contributed by atoms with Crippen molar-refractivity contribution in [3.8, 4) is 0 Å². The number of ether oxygens (including phenoxy) is 4. The predicted molar refractivity (Wildman–Crippen MR) is 31.3 cm³/mol. The lowest BCUT2D eigenvalue weighted by Gasteiger charge is -2.13. The first-order chi connectivity index (χ1) is 4.86. The SMILES string of the molecule is CO[C@@H]1O[C@H](OC)[C@H]2O[C@H]12. The van der Waals surface area contributed by atoms with Crippen molar-refractivity contribution in [2.45, 2.75) is 24.8 Å². The average molecular weight is 146 g/mol.